The summed E-state index contributed by atoms with van der Waals surface area (Å²) in [6.07, 6.45) is 3.30. The summed E-state index contributed by atoms with van der Waals surface area (Å²) >= 11 is 1.89. The van der Waals surface area contributed by atoms with Crippen LogP contribution in [0.2, 0.25) is 0 Å². The molecule has 1 unspecified atom stereocenters. The standard InChI is InChI=1S/C14H22N2O2S/c1-11(19-2)7-8-16-9-12-3-5-13(6-4-12)18-10-14(15)17/h3-6,11,16H,7-10H2,1-2H3,(H2,15,17). The second-order valence-corrected chi connectivity index (χ2v) is 5.69. The van der Waals surface area contributed by atoms with E-state index in [1.54, 1.807) is 0 Å². The Morgan fingerprint density at radius 1 is 1.42 bits per heavy atom. The van der Waals surface area contributed by atoms with Crippen molar-refractivity contribution in [3.05, 3.63) is 29.8 Å². The molecule has 0 bridgehead atoms. The van der Waals surface area contributed by atoms with Crippen LogP contribution in [0, 0.1) is 0 Å². The molecule has 1 amide bonds. The lowest BCUT2D eigenvalue weighted by molar-refractivity contribution is -0.119. The summed E-state index contributed by atoms with van der Waals surface area (Å²) in [7, 11) is 0. The van der Waals surface area contributed by atoms with Crippen LogP contribution in [-0.2, 0) is 11.3 Å². The van der Waals surface area contributed by atoms with Gasteiger partial charge in [0.05, 0.1) is 0 Å². The van der Waals surface area contributed by atoms with Crippen molar-refractivity contribution in [1.29, 1.82) is 0 Å². The number of nitrogens with one attached hydrogen (secondary N) is 1. The van der Waals surface area contributed by atoms with E-state index in [-0.39, 0.29) is 6.61 Å². The van der Waals surface area contributed by atoms with Crippen LogP contribution in [0.5, 0.6) is 5.75 Å². The molecule has 0 radical (unpaired) electrons. The van der Waals surface area contributed by atoms with Gasteiger partial charge in [0.1, 0.15) is 5.75 Å². The summed E-state index contributed by atoms with van der Waals surface area (Å²) in [6.45, 7) is 4.01. The van der Waals surface area contributed by atoms with Crippen LogP contribution in [-0.4, -0.2) is 30.6 Å². The zero-order valence-corrected chi connectivity index (χ0v) is 12.3. The minimum Gasteiger partial charge on any atom is -0.484 e. The molecule has 1 aromatic rings. The summed E-state index contributed by atoms with van der Waals surface area (Å²) in [4.78, 5) is 10.6. The number of amides is 1. The van der Waals surface area contributed by atoms with E-state index in [1.165, 1.54) is 12.0 Å². The van der Waals surface area contributed by atoms with Gasteiger partial charge in [-0.05, 0) is 36.9 Å². The van der Waals surface area contributed by atoms with Crippen molar-refractivity contribution in [2.24, 2.45) is 5.73 Å². The number of carbonyl (C=O) groups excluding carboxylic acids is 1. The number of hydrogen-bond donors (Lipinski definition) is 2. The summed E-state index contributed by atoms with van der Waals surface area (Å²) in [5.41, 5.74) is 6.21. The Bertz CT molecular complexity index is 382. The quantitative estimate of drug-likeness (QED) is 0.678. The molecule has 5 heteroatoms. The summed E-state index contributed by atoms with van der Waals surface area (Å²) < 4.78 is 5.20. The first kappa shape index (κ1) is 15.9. The van der Waals surface area contributed by atoms with E-state index in [9.17, 15) is 4.79 Å². The molecule has 106 valence electrons. The van der Waals surface area contributed by atoms with Gasteiger partial charge >= 0.3 is 0 Å². The monoisotopic (exact) mass is 282 g/mol. The van der Waals surface area contributed by atoms with Gasteiger partial charge in [-0.3, -0.25) is 4.79 Å². The lowest BCUT2D eigenvalue weighted by Gasteiger charge is -2.09. The average molecular weight is 282 g/mol. The smallest absolute Gasteiger partial charge is 0.255 e. The number of ether oxygens (including phenoxy) is 1. The number of benzene rings is 1. The van der Waals surface area contributed by atoms with Gasteiger partial charge in [-0.25, -0.2) is 0 Å². The molecule has 4 nitrogen and oxygen atoms in total. The van der Waals surface area contributed by atoms with E-state index in [2.05, 4.69) is 18.5 Å². The second kappa shape index (κ2) is 8.82. The van der Waals surface area contributed by atoms with Crippen molar-refractivity contribution in [1.82, 2.24) is 5.32 Å². The van der Waals surface area contributed by atoms with Gasteiger partial charge in [0.25, 0.3) is 5.91 Å². The predicted molar refractivity (Wildman–Crippen MR) is 80.4 cm³/mol. The summed E-state index contributed by atoms with van der Waals surface area (Å²) in [5, 5.41) is 4.10. The molecular formula is C14H22N2O2S. The largest absolute Gasteiger partial charge is 0.484 e. The predicted octanol–water partition coefficient (Wildman–Crippen LogP) is 1.78. The molecule has 0 heterocycles. The SMILES string of the molecule is CSC(C)CCNCc1ccc(OCC(N)=O)cc1. The van der Waals surface area contributed by atoms with E-state index >= 15 is 0 Å². The van der Waals surface area contributed by atoms with Crippen LogP contribution in [0.25, 0.3) is 0 Å². The van der Waals surface area contributed by atoms with Gasteiger partial charge in [0, 0.05) is 11.8 Å². The Morgan fingerprint density at radius 2 is 2.11 bits per heavy atom. The molecule has 0 aliphatic rings. The summed E-state index contributed by atoms with van der Waals surface area (Å²) in [6, 6.07) is 7.68. The van der Waals surface area contributed by atoms with E-state index in [4.69, 9.17) is 10.5 Å². The molecule has 0 fully saturated rings. The molecule has 0 aliphatic heterocycles. The van der Waals surface area contributed by atoms with Crippen molar-refractivity contribution in [3.63, 3.8) is 0 Å². The van der Waals surface area contributed by atoms with Gasteiger partial charge in [-0.2, -0.15) is 11.8 Å². The highest BCUT2D eigenvalue weighted by atomic mass is 32.2. The highest BCUT2D eigenvalue weighted by molar-refractivity contribution is 7.99. The van der Waals surface area contributed by atoms with Gasteiger partial charge in [-0.15, -0.1) is 0 Å². The Hall–Kier alpha value is -1.20. The Balaban J connectivity index is 2.26. The molecule has 0 spiro atoms. The Morgan fingerprint density at radius 3 is 2.68 bits per heavy atom. The van der Waals surface area contributed by atoms with Crippen molar-refractivity contribution in [2.75, 3.05) is 19.4 Å². The third-order valence-electron chi connectivity index (χ3n) is 2.76. The van der Waals surface area contributed by atoms with E-state index in [0.717, 1.165) is 13.1 Å². The normalized spacial score (nSPS) is 12.1. The fourth-order valence-electron chi connectivity index (χ4n) is 1.51. The maximum absolute atomic E-state index is 10.6. The topological polar surface area (TPSA) is 64.3 Å². The van der Waals surface area contributed by atoms with Crippen molar-refractivity contribution in [2.45, 2.75) is 25.1 Å². The zero-order valence-electron chi connectivity index (χ0n) is 11.5. The number of thioether (sulfide) groups is 1. The fraction of sp³-hybridized carbons (Fsp3) is 0.500. The van der Waals surface area contributed by atoms with Crippen LogP contribution in [0.15, 0.2) is 24.3 Å². The zero-order chi connectivity index (χ0) is 14.1. The number of rotatable bonds is 9. The second-order valence-electron chi connectivity index (χ2n) is 4.41. The Labute approximate surface area is 119 Å². The lowest BCUT2D eigenvalue weighted by Crippen LogP contribution is -2.20. The molecule has 3 N–H and O–H groups in total. The van der Waals surface area contributed by atoms with Crippen LogP contribution in [0.1, 0.15) is 18.9 Å². The first-order valence-electron chi connectivity index (χ1n) is 6.35. The third kappa shape index (κ3) is 7.08. The van der Waals surface area contributed by atoms with Crippen molar-refractivity contribution < 1.29 is 9.53 Å². The molecule has 1 rings (SSSR count). The lowest BCUT2D eigenvalue weighted by atomic mass is 10.2. The van der Waals surface area contributed by atoms with Gasteiger partial charge < -0.3 is 15.8 Å². The molecule has 0 saturated carbocycles. The van der Waals surface area contributed by atoms with Crippen LogP contribution in [0.4, 0.5) is 0 Å². The van der Waals surface area contributed by atoms with Gasteiger partial charge in [0.15, 0.2) is 6.61 Å². The molecule has 0 saturated heterocycles. The number of primary amides is 1. The van der Waals surface area contributed by atoms with E-state index < -0.39 is 5.91 Å². The molecule has 19 heavy (non-hydrogen) atoms. The summed E-state index contributed by atoms with van der Waals surface area (Å²) in [5.74, 6) is 0.201. The van der Waals surface area contributed by atoms with Crippen molar-refractivity contribution >= 4 is 17.7 Å². The van der Waals surface area contributed by atoms with Gasteiger partial charge in [-0.1, -0.05) is 19.1 Å². The van der Waals surface area contributed by atoms with E-state index in [0.29, 0.717) is 11.0 Å². The molecule has 0 aliphatic carbocycles. The molecule has 1 atom stereocenters. The number of carbonyl (C=O) groups is 1. The molecular weight excluding hydrogens is 260 g/mol. The highest BCUT2D eigenvalue weighted by Crippen LogP contribution is 2.12. The first-order chi connectivity index (χ1) is 9.11. The maximum atomic E-state index is 10.6. The number of hydrogen-bond acceptors (Lipinski definition) is 4. The van der Waals surface area contributed by atoms with Gasteiger partial charge in [0.2, 0.25) is 0 Å². The minimum absolute atomic E-state index is 0.0792. The minimum atomic E-state index is -0.464. The third-order valence-corrected chi connectivity index (χ3v) is 3.80. The van der Waals surface area contributed by atoms with Crippen LogP contribution in [0.3, 0.4) is 0 Å². The van der Waals surface area contributed by atoms with Crippen LogP contribution < -0.4 is 15.8 Å². The van der Waals surface area contributed by atoms with Crippen LogP contribution >= 0.6 is 11.8 Å². The highest BCUT2D eigenvalue weighted by Gasteiger charge is 2.00. The number of nitrogens with two attached hydrogens (primary N) is 1. The Kier molecular flexibility index (Phi) is 7.36. The molecule has 1 aromatic carbocycles. The van der Waals surface area contributed by atoms with Crippen molar-refractivity contribution in [3.8, 4) is 5.75 Å². The maximum Gasteiger partial charge on any atom is 0.255 e. The van der Waals surface area contributed by atoms with E-state index in [1.807, 2.05) is 36.0 Å². The fourth-order valence-corrected chi connectivity index (χ4v) is 1.87. The average Bonchev–Trinajstić information content (AvgIpc) is 2.42. The first-order valence-corrected chi connectivity index (χ1v) is 7.64. The molecule has 0 aromatic heterocycles.